The Morgan fingerprint density at radius 1 is 1.25 bits per heavy atom. The van der Waals surface area contributed by atoms with Gasteiger partial charge in [-0.3, -0.25) is 0 Å². The van der Waals surface area contributed by atoms with E-state index in [2.05, 4.69) is 6.07 Å². The molecule has 0 heterocycles. The zero-order valence-corrected chi connectivity index (χ0v) is 10.0. The van der Waals surface area contributed by atoms with Gasteiger partial charge in [-0.25, -0.2) is 4.79 Å². The largest absolute Gasteiger partial charge is 0.462 e. The third kappa shape index (κ3) is 2.11. The van der Waals surface area contributed by atoms with E-state index >= 15 is 0 Å². The summed E-state index contributed by atoms with van der Waals surface area (Å²) in [5.74, 6) is -0.187. The number of carbonyl (C=O) groups is 1. The maximum Gasteiger partial charge on any atom is 0.338 e. The van der Waals surface area contributed by atoms with Gasteiger partial charge in [0.15, 0.2) is 0 Å². The van der Waals surface area contributed by atoms with E-state index < -0.39 is 0 Å². The molecule has 2 nitrogen and oxygen atoms in total. The summed E-state index contributed by atoms with van der Waals surface area (Å²) >= 11 is 0. The summed E-state index contributed by atoms with van der Waals surface area (Å²) in [6.45, 7) is 4.27. The molecule has 0 aromatic heterocycles. The SMILES string of the molecule is CCOC(=O)c1cc2c(cc1C)CCCC2. The number of aryl methyl sites for hydroxylation is 3. The van der Waals surface area contributed by atoms with Crippen molar-refractivity contribution in [1.82, 2.24) is 0 Å². The van der Waals surface area contributed by atoms with Crippen LogP contribution in [0.4, 0.5) is 0 Å². The van der Waals surface area contributed by atoms with Crippen LogP contribution in [0.5, 0.6) is 0 Å². The van der Waals surface area contributed by atoms with Crippen molar-refractivity contribution in [3.8, 4) is 0 Å². The average molecular weight is 218 g/mol. The van der Waals surface area contributed by atoms with Crippen molar-refractivity contribution in [3.63, 3.8) is 0 Å². The van der Waals surface area contributed by atoms with Gasteiger partial charge in [0, 0.05) is 0 Å². The van der Waals surface area contributed by atoms with Gasteiger partial charge in [0.2, 0.25) is 0 Å². The third-order valence-corrected chi connectivity index (χ3v) is 3.18. The first-order valence-corrected chi connectivity index (χ1v) is 6.02. The minimum Gasteiger partial charge on any atom is -0.462 e. The molecule has 0 saturated heterocycles. The molecule has 1 aliphatic rings. The zero-order valence-electron chi connectivity index (χ0n) is 10.0. The molecule has 2 rings (SSSR count). The molecule has 0 bridgehead atoms. The van der Waals surface area contributed by atoms with E-state index in [1.165, 1.54) is 24.0 Å². The summed E-state index contributed by atoms with van der Waals surface area (Å²) in [6, 6.07) is 4.18. The van der Waals surface area contributed by atoms with Crippen molar-refractivity contribution in [2.45, 2.75) is 39.5 Å². The summed E-state index contributed by atoms with van der Waals surface area (Å²) in [4.78, 5) is 11.7. The van der Waals surface area contributed by atoms with Gasteiger partial charge in [-0.2, -0.15) is 0 Å². The van der Waals surface area contributed by atoms with Gasteiger partial charge in [0.1, 0.15) is 0 Å². The highest BCUT2D eigenvalue weighted by Crippen LogP contribution is 2.25. The molecule has 0 saturated carbocycles. The number of benzene rings is 1. The first kappa shape index (κ1) is 11.2. The van der Waals surface area contributed by atoms with Crippen molar-refractivity contribution in [1.29, 1.82) is 0 Å². The molecule has 0 radical (unpaired) electrons. The fourth-order valence-corrected chi connectivity index (χ4v) is 2.34. The van der Waals surface area contributed by atoms with Crippen molar-refractivity contribution < 1.29 is 9.53 Å². The Balaban J connectivity index is 2.35. The first-order valence-electron chi connectivity index (χ1n) is 6.02. The molecule has 0 fully saturated rings. The number of hydrogen-bond donors (Lipinski definition) is 0. The Morgan fingerprint density at radius 2 is 1.88 bits per heavy atom. The van der Waals surface area contributed by atoms with Crippen LogP contribution in [0, 0.1) is 6.92 Å². The first-order chi connectivity index (χ1) is 7.72. The molecule has 0 atom stereocenters. The van der Waals surface area contributed by atoms with Crippen molar-refractivity contribution in [2.24, 2.45) is 0 Å². The summed E-state index contributed by atoms with van der Waals surface area (Å²) in [6.07, 6.45) is 4.75. The number of esters is 1. The Labute approximate surface area is 96.6 Å². The van der Waals surface area contributed by atoms with E-state index in [0.29, 0.717) is 6.61 Å². The molecule has 1 aliphatic carbocycles. The number of carbonyl (C=O) groups excluding carboxylic acids is 1. The highest BCUT2D eigenvalue weighted by atomic mass is 16.5. The molecule has 0 spiro atoms. The van der Waals surface area contributed by atoms with Crippen LogP contribution >= 0.6 is 0 Å². The molecule has 16 heavy (non-hydrogen) atoms. The smallest absolute Gasteiger partial charge is 0.338 e. The molecule has 0 aliphatic heterocycles. The lowest BCUT2D eigenvalue weighted by molar-refractivity contribution is 0.0525. The minimum absolute atomic E-state index is 0.187. The van der Waals surface area contributed by atoms with E-state index in [-0.39, 0.29) is 5.97 Å². The van der Waals surface area contributed by atoms with Crippen LogP contribution in [0.1, 0.15) is 46.8 Å². The quantitative estimate of drug-likeness (QED) is 0.713. The maximum atomic E-state index is 11.7. The second-order valence-electron chi connectivity index (χ2n) is 4.36. The lowest BCUT2D eigenvalue weighted by atomic mass is 9.88. The molecule has 2 heteroatoms. The molecule has 0 amide bonds. The third-order valence-electron chi connectivity index (χ3n) is 3.18. The van der Waals surface area contributed by atoms with Crippen LogP contribution in [0.3, 0.4) is 0 Å². The summed E-state index contributed by atoms with van der Waals surface area (Å²) in [5.41, 5.74) is 4.53. The predicted molar refractivity (Wildman–Crippen MR) is 63.8 cm³/mol. The monoisotopic (exact) mass is 218 g/mol. The highest BCUT2D eigenvalue weighted by molar-refractivity contribution is 5.91. The molecule has 0 N–H and O–H groups in total. The predicted octanol–water partition coefficient (Wildman–Crippen LogP) is 3.05. The average Bonchev–Trinajstić information content (AvgIpc) is 2.28. The Hall–Kier alpha value is -1.31. The number of rotatable bonds is 2. The van der Waals surface area contributed by atoms with Crippen molar-refractivity contribution in [3.05, 3.63) is 34.4 Å². The van der Waals surface area contributed by atoms with E-state index in [1.807, 2.05) is 19.9 Å². The normalized spacial score (nSPS) is 14.4. The second-order valence-corrected chi connectivity index (χ2v) is 4.36. The van der Waals surface area contributed by atoms with Gasteiger partial charge in [-0.05, 0) is 62.3 Å². The van der Waals surface area contributed by atoms with Crippen molar-refractivity contribution >= 4 is 5.97 Å². The van der Waals surface area contributed by atoms with Gasteiger partial charge in [-0.1, -0.05) is 6.07 Å². The lowest BCUT2D eigenvalue weighted by Crippen LogP contribution is -2.10. The summed E-state index contributed by atoms with van der Waals surface area (Å²) in [5, 5.41) is 0. The Bertz CT molecular complexity index is 407. The molecule has 86 valence electrons. The Morgan fingerprint density at radius 3 is 2.50 bits per heavy atom. The molecular weight excluding hydrogens is 200 g/mol. The van der Waals surface area contributed by atoms with Crippen LogP contribution in [0.15, 0.2) is 12.1 Å². The fourth-order valence-electron chi connectivity index (χ4n) is 2.34. The number of ether oxygens (including phenoxy) is 1. The van der Waals surface area contributed by atoms with Gasteiger partial charge < -0.3 is 4.74 Å². The van der Waals surface area contributed by atoms with Crippen LogP contribution in [-0.4, -0.2) is 12.6 Å². The van der Waals surface area contributed by atoms with E-state index in [0.717, 1.165) is 24.0 Å². The molecule has 1 aromatic rings. The van der Waals surface area contributed by atoms with E-state index in [1.54, 1.807) is 0 Å². The van der Waals surface area contributed by atoms with Crippen LogP contribution < -0.4 is 0 Å². The van der Waals surface area contributed by atoms with Gasteiger partial charge >= 0.3 is 5.97 Å². The van der Waals surface area contributed by atoms with Gasteiger partial charge in [0.05, 0.1) is 12.2 Å². The van der Waals surface area contributed by atoms with Gasteiger partial charge in [0.25, 0.3) is 0 Å². The fraction of sp³-hybridized carbons (Fsp3) is 0.500. The number of fused-ring (bicyclic) bond motifs is 1. The van der Waals surface area contributed by atoms with Crippen molar-refractivity contribution in [2.75, 3.05) is 6.61 Å². The van der Waals surface area contributed by atoms with Crippen LogP contribution in [0.25, 0.3) is 0 Å². The molecular formula is C14H18O2. The standard InChI is InChI=1S/C14H18O2/c1-3-16-14(15)13-9-12-7-5-4-6-11(12)8-10(13)2/h8-9H,3-7H2,1-2H3. The van der Waals surface area contributed by atoms with Crippen LogP contribution in [-0.2, 0) is 17.6 Å². The second kappa shape index (κ2) is 4.69. The van der Waals surface area contributed by atoms with Gasteiger partial charge in [-0.15, -0.1) is 0 Å². The van der Waals surface area contributed by atoms with E-state index in [4.69, 9.17) is 4.74 Å². The lowest BCUT2D eigenvalue weighted by Gasteiger charge is -2.18. The molecule has 0 unspecified atom stereocenters. The topological polar surface area (TPSA) is 26.3 Å². The van der Waals surface area contributed by atoms with E-state index in [9.17, 15) is 4.79 Å². The summed E-state index contributed by atoms with van der Waals surface area (Å²) in [7, 11) is 0. The zero-order chi connectivity index (χ0) is 11.5. The molecule has 1 aromatic carbocycles. The minimum atomic E-state index is -0.187. The number of hydrogen-bond acceptors (Lipinski definition) is 2. The Kier molecular flexibility index (Phi) is 3.28. The maximum absolute atomic E-state index is 11.7. The summed E-state index contributed by atoms with van der Waals surface area (Å²) < 4.78 is 5.06. The highest BCUT2D eigenvalue weighted by Gasteiger charge is 2.16. The van der Waals surface area contributed by atoms with Crippen LogP contribution in [0.2, 0.25) is 0 Å².